The third kappa shape index (κ3) is 3.97. The molecule has 0 heterocycles. The molecule has 1 N–H and O–H groups in total. The average Bonchev–Trinajstić information content (AvgIpc) is 2.29. The summed E-state index contributed by atoms with van der Waals surface area (Å²) in [5.74, 6) is -0.232. The van der Waals surface area contributed by atoms with Crippen molar-refractivity contribution in [2.24, 2.45) is 0 Å². The zero-order valence-electron chi connectivity index (χ0n) is 10.8. The Labute approximate surface area is 108 Å². The lowest BCUT2D eigenvalue weighted by Gasteiger charge is -2.20. The molecule has 0 amide bonds. The second-order valence-electron chi connectivity index (χ2n) is 4.42. The molecule has 0 fully saturated rings. The van der Waals surface area contributed by atoms with E-state index in [2.05, 4.69) is 19.2 Å². The molecular weight excluding hydrogens is 237 g/mol. The van der Waals surface area contributed by atoms with Crippen molar-refractivity contribution in [1.29, 1.82) is 0 Å². The van der Waals surface area contributed by atoms with Crippen molar-refractivity contribution in [1.82, 2.24) is 5.32 Å². The van der Waals surface area contributed by atoms with Crippen molar-refractivity contribution >= 4 is 11.6 Å². The molecule has 1 rings (SSSR count). The predicted octanol–water partition coefficient (Wildman–Crippen LogP) is 4.63. The fourth-order valence-corrected chi connectivity index (χ4v) is 2.20. The van der Waals surface area contributed by atoms with Crippen LogP contribution in [0, 0.1) is 12.7 Å². The van der Waals surface area contributed by atoms with E-state index >= 15 is 0 Å². The van der Waals surface area contributed by atoms with E-state index in [1.165, 1.54) is 6.07 Å². The number of nitrogens with one attached hydrogen (secondary N) is 1. The minimum absolute atomic E-state index is 0.228. The molecule has 96 valence electrons. The second-order valence-corrected chi connectivity index (χ2v) is 4.83. The van der Waals surface area contributed by atoms with Gasteiger partial charge in [0.25, 0.3) is 0 Å². The summed E-state index contributed by atoms with van der Waals surface area (Å²) >= 11 is 6.13. The first-order chi connectivity index (χ1) is 8.10. The lowest BCUT2D eigenvalue weighted by Crippen LogP contribution is -2.22. The van der Waals surface area contributed by atoms with Crippen molar-refractivity contribution in [3.8, 4) is 0 Å². The Morgan fingerprint density at radius 3 is 2.59 bits per heavy atom. The highest BCUT2D eigenvalue weighted by Crippen LogP contribution is 2.28. The van der Waals surface area contributed by atoms with Gasteiger partial charge in [-0.1, -0.05) is 37.9 Å². The molecule has 0 saturated heterocycles. The Hall–Kier alpha value is -0.600. The maximum absolute atomic E-state index is 13.4. The smallest absolute Gasteiger partial charge is 0.127 e. The topological polar surface area (TPSA) is 12.0 Å². The molecule has 0 saturated carbocycles. The molecule has 0 aliphatic rings. The maximum atomic E-state index is 13.4. The summed E-state index contributed by atoms with van der Waals surface area (Å²) in [6, 6.07) is 3.51. The minimum atomic E-state index is -0.232. The normalized spacial score (nSPS) is 12.8. The minimum Gasteiger partial charge on any atom is -0.310 e. The van der Waals surface area contributed by atoms with E-state index in [9.17, 15) is 4.39 Å². The second kappa shape index (κ2) is 6.97. The van der Waals surface area contributed by atoms with Crippen LogP contribution in [-0.4, -0.2) is 6.54 Å². The Morgan fingerprint density at radius 2 is 2.00 bits per heavy atom. The van der Waals surface area contributed by atoms with Gasteiger partial charge in [-0.2, -0.15) is 0 Å². The van der Waals surface area contributed by atoms with Crippen LogP contribution in [0.5, 0.6) is 0 Å². The van der Waals surface area contributed by atoms with E-state index < -0.39 is 0 Å². The van der Waals surface area contributed by atoms with Crippen molar-refractivity contribution in [3.63, 3.8) is 0 Å². The van der Waals surface area contributed by atoms with Gasteiger partial charge < -0.3 is 5.32 Å². The van der Waals surface area contributed by atoms with Gasteiger partial charge >= 0.3 is 0 Å². The van der Waals surface area contributed by atoms with E-state index in [0.717, 1.165) is 31.4 Å². The lowest BCUT2D eigenvalue weighted by molar-refractivity contribution is 0.492. The molecular formula is C14H21ClFN. The quantitative estimate of drug-likeness (QED) is 0.784. The van der Waals surface area contributed by atoms with Crippen molar-refractivity contribution in [2.75, 3.05) is 6.54 Å². The van der Waals surface area contributed by atoms with Crippen LogP contribution in [0.3, 0.4) is 0 Å². The maximum Gasteiger partial charge on any atom is 0.127 e. The van der Waals surface area contributed by atoms with Crippen LogP contribution in [-0.2, 0) is 0 Å². The number of hydrogen-bond acceptors (Lipinski definition) is 1. The summed E-state index contributed by atoms with van der Waals surface area (Å²) in [6.07, 6.45) is 3.18. The molecule has 1 atom stereocenters. The number of hydrogen-bond donors (Lipinski definition) is 1. The fourth-order valence-electron chi connectivity index (χ4n) is 1.92. The average molecular weight is 258 g/mol. The molecule has 1 aromatic carbocycles. The highest BCUT2D eigenvalue weighted by molar-refractivity contribution is 6.31. The third-order valence-corrected chi connectivity index (χ3v) is 3.20. The van der Waals surface area contributed by atoms with Crippen LogP contribution in [0.4, 0.5) is 4.39 Å². The van der Waals surface area contributed by atoms with Gasteiger partial charge in [-0.25, -0.2) is 4.39 Å². The highest BCUT2D eigenvalue weighted by Gasteiger charge is 2.15. The Balaban J connectivity index is 2.96. The zero-order chi connectivity index (χ0) is 12.8. The van der Waals surface area contributed by atoms with Crippen molar-refractivity contribution < 1.29 is 4.39 Å². The van der Waals surface area contributed by atoms with E-state index in [4.69, 9.17) is 11.6 Å². The van der Waals surface area contributed by atoms with Gasteiger partial charge in [0.1, 0.15) is 5.82 Å². The number of aryl methyl sites for hydroxylation is 1. The molecule has 1 unspecified atom stereocenters. The molecule has 1 aromatic rings. The molecule has 17 heavy (non-hydrogen) atoms. The summed E-state index contributed by atoms with van der Waals surface area (Å²) in [7, 11) is 0. The first-order valence-corrected chi connectivity index (χ1v) is 6.66. The van der Waals surface area contributed by atoms with Crippen LogP contribution in [0.2, 0.25) is 5.02 Å². The standard InChI is InChI=1S/C14H21ClFN/c1-4-6-14(17-7-5-2)11-8-10(3)13(16)9-12(11)15/h8-9,14,17H,4-7H2,1-3H3. The highest BCUT2D eigenvalue weighted by atomic mass is 35.5. The van der Waals surface area contributed by atoms with Gasteiger partial charge in [0, 0.05) is 11.1 Å². The Bertz CT molecular complexity index is 365. The molecule has 0 aliphatic heterocycles. The molecule has 0 aromatic heterocycles. The van der Waals surface area contributed by atoms with Gasteiger partial charge in [0.15, 0.2) is 0 Å². The van der Waals surface area contributed by atoms with Crippen LogP contribution in [0.25, 0.3) is 0 Å². The Morgan fingerprint density at radius 1 is 1.29 bits per heavy atom. The van der Waals surface area contributed by atoms with Crippen LogP contribution >= 0.6 is 11.6 Å². The summed E-state index contributed by atoms with van der Waals surface area (Å²) in [5, 5.41) is 3.99. The Kier molecular flexibility index (Phi) is 5.93. The van der Waals surface area contributed by atoms with Gasteiger partial charge in [-0.05, 0) is 43.5 Å². The molecule has 1 nitrogen and oxygen atoms in total. The van der Waals surface area contributed by atoms with Crippen LogP contribution < -0.4 is 5.32 Å². The molecule has 0 radical (unpaired) electrons. The summed E-state index contributed by atoms with van der Waals surface area (Å²) in [4.78, 5) is 0. The monoisotopic (exact) mass is 257 g/mol. The SMILES string of the molecule is CCCNC(CCC)c1cc(C)c(F)cc1Cl. The number of halogens is 2. The van der Waals surface area contributed by atoms with Crippen molar-refractivity contribution in [3.05, 3.63) is 34.1 Å². The number of rotatable bonds is 6. The van der Waals surface area contributed by atoms with Gasteiger partial charge in [0.2, 0.25) is 0 Å². The molecule has 0 spiro atoms. The third-order valence-electron chi connectivity index (χ3n) is 2.87. The molecule has 3 heteroatoms. The van der Waals surface area contributed by atoms with E-state index in [0.29, 0.717) is 10.6 Å². The van der Waals surface area contributed by atoms with Crippen molar-refractivity contribution in [2.45, 2.75) is 46.1 Å². The zero-order valence-corrected chi connectivity index (χ0v) is 11.6. The predicted molar refractivity (Wildman–Crippen MR) is 72.1 cm³/mol. The number of benzene rings is 1. The van der Waals surface area contributed by atoms with E-state index in [1.807, 2.05) is 6.07 Å². The summed E-state index contributed by atoms with van der Waals surface area (Å²) < 4.78 is 13.4. The lowest BCUT2D eigenvalue weighted by atomic mass is 10.00. The van der Waals surface area contributed by atoms with E-state index in [-0.39, 0.29) is 11.9 Å². The summed E-state index contributed by atoms with van der Waals surface area (Å²) in [5.41, 5.74) is 1.67. The van der Waals surface area contributed by atoms with Gasteiger partial charge in [0.05, 0.1) is 0 Å². The first kappa shape index (κ1) is 14.5. The largest absolute Gasteiger partial charge is 0.310 e. The van der Waals surface area contributed by atoms with Gasteiger partial charge in [-0.15, -0.1) is 0 Å². The fraction of sp³-hybridized carbons (Fsp3) is 0.571. The first-order valence-electron chi connectivity index (χ1n) is 6.29. The van der Waals surface area contributed by atoms with Gasteiger partial charge in [-0.3, -0.25) is 0 Å². The van der Waals surface area contributed by atoms with Crippen LogP contribution in [0.1, 0.15) is 50.3 Å². The van der Waals surface area contributed by atoms with Crippen LogP contribution in [0.15, 0.2) is 12.1 Å². The van der Waals surface area contributed by atoms with E-state index in [1.54, 1.807) is 6.92 Å². The molecule has 0 aliphatic carbocycles. The molecule has 0 bridgehead atoms. The summed E-state index contributed by atoms with van der Waals surface area (Å²) in [6.45, 7) is 7.01.